The van der Waals surface area contributed by atoms with Gasteiger partial charge in [-0.25, -0.2) is 19.2 Å². The molecule has 0 fully saturated rings. The molecule has 0 aliphatic carbocycles. The largest absolute Gasteiger partial charge is 0.481 e. The normalized spacial score (nSPS) is 11.7. The molecule has 0 bridgehead atoms. The van der Waals surface area contributed by atoms with Crippen LogP contribution < -0.4 is 20.9 Å². The molecule has 308 valence electrons. The van der Waals surface area contributed by atoms with Gasteiger partial charge in [0.05, 0.1) is 37.2 Å². The summed E-state index contributed by atoms with van der Waals surface area (Å²) in [5.41, 5.74) is 12.0. The summed E-state index contributed by atoms with van der Waals surface area (Å²) in [4.78, 5) is 102. The summed E-state index contributed by atoms with van der Waals surface area (Å²) >= 11 is 0. The topological polar surface area (TPSA) is 304 Å². The predicted molar refractivity (Wildman–Crippen MR) is 205 cm³/mol. The van der Waals surface area contributed by atoms with Crippen molar-refractivity contribution >= 4 is 59.0 Å². The monoisotopic (exact) mass is 814 g/mol. The molecule has 0 spiro atoms. The molecule has 0 aromatic heterocycles. The number of amides is 2. The number of carboxylic acid groups (broad SMARTS) is 4. The zero-order valence-electron chi connectivity index (χ0n) is 31.0. The number of hydrogen-bond donors (Lipinski definition) is 6. The number of nitrogens with zero attached hydrogens (tertiary/aromatic N) is 2. The van der Waals surface area contributed by atoms with Crippen molar-refractivity contribution in [2.24, 2.45) is 0 Å². The lowest BCUT2D eigenvalue weighted by Crippen LogP contribution is -2.49. The van der Waals surface area contributed by atoms with E-state index in [1.54, 1.807) is 0 Å². The zero-order valence-corrected chi connectivity index (χ0v) is 31.0. The van der Waals surface area contributed by atoms with Gasteiger partial charge < -0.3 is 55.9 Å². The van der Waals surface area contributed by atoms with E-state index in [9.17, 15) is 58.8 Å². The molecule has 19 heteroatoms. The van der Waals surface area contributed by atoms with Gasteiger partial charge in [-0.3, -0.25) is 19.2 Å². The third-order valence-corrected chi connectivity index (χ3v) is 8.41. The highest BCUT2D eigenvalue weighted by atomic mass is 16.5. The molecule has 19 nitrogen and oxygen atoms in total. The molecule has 8 N–H and O–H groups in total. The first-order chi connectivity index (χ1) is 28.0. The van der Waals surface area contributed by atoms with E-state index in [2.05, 4.69) is 0 Å². The Morgan fingerprint density at radius 2 is 0.864 bits per heavy atom. The van der Waals surface area contributed by atoms with Gasteiger partial charge >= 0.3 is 35.8 Å². The molecule has 0 aliphatic heterocycles. The van der Waals surface area contributed by atoms with Crippen LogP contribution in [0, 0.1) is 0 Å². The Hall–Kier alpha value is -7.80. The van der Waals surface area contributed by atoms with Crippen LogP contribution >= 0.6 is 0 Å². The Morgan fingerprint density at radius 1 is 0.508 bits per heavy atom. The van der Waals surface area contributed by atoms with Crippen molar-refractivity contribution < 1.29 is 73.0 Å². The van der Waals surface area contributed by atoms with Crippen molar-refractivity contribution in [2.75, 3.05) is 37.8 Å². The average molecular weight is 815 g/mol. The molecule has 0 saturated carbocycles. The number of aliphatic carboxylic acids is 4. The quantitative estimate of drug-likeness (QED) is 0.0323. The first kappa shape index (κ1) is 43.9. The number of benzene rings is 4. The fourth-order valence-electron chi connectivity index (χ4n) is 5.51. The number of carbonyl (C=O) groups excluding carboxylic acids is 4. The highest BCUT2D eigenvalue weighted by Gasteiger charge is 2.34. The van der Waals surface area contributed by atoms with Crippen molar-refractivity contribution in [2.45, 2.75) is 24.9 Å². The van der Waals surface area contributed by atoms with Crippen LogP contribution in [-0.4, -0.2) is 116 Å². The lowest BCUT2D eigenvalue weighted by molar-refractivity contribution is -0.149. The molecule has 0 radical (unpaired) electrons. The maximum atomic E-state index is 13.7. The van der Waals surface area contributed by atoms with Gasteiger partial charge in [-0.05, 0) is 84.9 Å². The van der Waals surface area contributed by atoms with Gasteiger partial charge in [0, 0.05) is 35.6 Å². The highest BCUT2D eigenvalue weighted by Crippen LogP contribution is 2.21. The summed E-state index contributed by atoms with van der Waals surface area (Å²) in [7, 11) is 0. The van der Waals surface area contributed by atoms with Crippen LogP contribution in [0.25, 0.3) is 0 Å². The minimum Gasteiger partial charge on any atom is -0.481 e. The Kier molecular flexibility index (Phi) is 15.2. The number of rotatable bonds is 20. The smallest absolute Gasteiger partial charge is 0.343 e. The molecular weight excluding hydrogens is 776 g/mol. The molecule has 4 rings (SSSR count). The molecule has 4 aromatic carbocycles. The lowest BCUT2D eigenvalue weighted by atomic mass is 10.1. The minimum atomic E-state index is -1.91. The van der Waals surface area contributed by atoms with Crippen molar-refractivity contribution in [3.63, 3.8) is 0 Å². The lowest BCUT2D eigenvalue weighted by Gasteiger charge is -2.30. The van der Waals surface area contributed by atoms with Crippen LogP contribution in [0.15, 0.2) is 97.1 Å². The minimum absolute atomic E-state index is 0.0939. The summed E-state index contributed by atoms with van der Waals surface area (Å²) in [6, 6.07) is 18.0. The Labute approximate surface area is 334 Å². The molecule has 59 heavy (non-hydrogen) atoms. The number of ether oxygens (including phenoxy) is 3. The zero-order chi connectivity index (χ0) is 43.2. The fraction of sp³-hybridized carbons (Fsp3) is 0.200. The van der Waals surface area contributed by atoms with E-state index >= 15 is 0 Å². The second kappa shape index (κ2) is 20.4. The number of anilines is 2. The number of carboxylic acids is 4. The summed E-state index contributed by atoms with van der Waals surface area (Å²) < 4.78 is 16.3. The van der Waals surface area contributed by atoms with Crippen LogP contribution in [0.3, 0.4) is 0 Å². The number of nitrogen functional groups attached to an aromatic ring is 2. The van der Waals surface area contributed by atoms with E-state index < -0.39 is 98.9 Å². The summed E-state index contributed by atoms with van der Waals surface area (Å²) in [5, 5.41) is 38.7. The third-order valence-electron chi connectivity index (χ3n) is 8.41. The second-order valence-corrected chi connectivity index (χ2v) is 12.6. The highest BCUT2D eigenvalue weighted by molar-refractivity contribution is 5.99. The van der Waals surface area contributed by atoms with Gasteiger partial charge in [0.25, 0.3) is 11.8 Å². The van der Waals surface area contributed by atoms with Crippen molar-refractivity contribution in [1.82, 2.24) is 9.80 Å². The van der Waals surface area contributed by atoms with Gasteiger partial charge in [-0.2, -0.15) is 0 Å². The average Bonchev–Trinajstić information content (AvgIpc) is 3.19. The molecule has 0 saturated heterocycles. The van der Waals surface area contributed by atoms with Crippen LogP contribution in [0.5, 0.6) is 11.5 Å². The molecular formula is C40H38N4O15. The van der Waals surface area contributed by atoms with E-state index in [1.807, 2.05) is 0 Å². The molecule has 2 amide bonds. The van der Waals surface area contributed by atoms with Crippen LogP contribution in [0.2, 0.25) is 0 Å². The van der Waals surface area contributed by atoms with E-state index in [0.29, 0.717) is 21.2 Å². The summed E-state index contributed by atoms with van der Waals surface area (Å²) in [5.74, 6) is -10.1. The maximum Gasteiger partial charge on any atom is 0.343 e. The van der Waals surface area contributed by atoms with Gasteiger partial charge in [0.2, 0.25) is 0 Å². The van der Waals surface area contributed by atoms with Gasteiger partial charge in [0.1, 0.15) is 23.6 Å². The van der Waals surface area contributed by atoms with Gasteiger partial charge in [-0.1, -0.05) is 12.1 Å². The van der Waals surface area contributed by atoms with E-state index in [0.717, 1.165) is 12.1 Å². The van der Waals surface area contributed by atoms with Crippen LogP contribution in [0.1, 0.15) is 54.3 Å². The molecule has 0 heterocycles. The van der Waals surface area contributed by atoms with Crippen molar-refractivity contribution in [3.8, 4) is 11.5 Å². The van der Waals surface area contributed by atoms with E-state index in [-0.39, 0.29) is 33.8 Å². The SMILES string of the molecule is Nc1ccc(C(=O)Oc2cccc(C(=O)N(CCOCCN(C(=O)c3cccc(OC(=O)c4ccc(N)cc4)c3)[C@@H](CC(=O)O)C(=O)O)[C@@H](CC(=O)O)C(=O)O)c2)cc1. The van der Waals surface area contributed by atoms with E-state index in [1.165, 1.54) is 84.9 Å². The number of hydrogen-bond acceptors (Lipinski definition) is 13. The second-order valence-electron chi connectivity index (χ2n) is 12.6. The molecule has 4 aromatic rings. The molecule has 0 unspecified atom stereocenters. The Bertz CT molecular complexity index is 2050. The number of esters is 2. The third kappa shape index (κ3) is 12.6. The van der Waals surface area contributed by atoms with Crippen molar-refractivity contribution in [1.29, 1.82) is 0 Å². The Balaban J connectivity index is 1.50. The summed E-state index contributed by atoms with van der Waals surface area (Å²) in [6.45, 7) is -2.02. The van der Waals surface area contributed by atoms with Gasteiger partial charge in [0.15, 0.2) is 0 Å². The van der Waals surface area contributed by atoms with Crippen LogP contribution in [-0.2, 0) is 23.9 Å². The van der Waals surface area contributed by atoms with E-state index in [4.69, 9.17) is 25.7 Å². The molecule has 0 aliphatic rings. The number of nitrogens with two attached hydrogens (primary N) is 2. The molecule has 2 atom stereocenters. The van der Waals surface area contributed by atoms with Crippen molar-refractivity contribution in [3.05, 3.63) is 119 Å². The summed E-state index contributed by atoms with van der Waals surface area (Å²) in [6.07, 6.45) is -2.03. The Morgan fingerprint density at radius 3 is 1.19 bits per heavy atom. The first-order valence-electron chi connectivity index (χ1n) is 17.5. The standard InChI is InChI=1S/C40H38N4O15/c41-27-11-7-23(8-12-27)39(55)58-29-5-1-3-25(19-29)35(49)43(31(37(51)52)21-33(45)46)15-17-57-18-16-44(32(38(53)54)22-34(47)48)36(50)26-4-2-6-30(20-26)59-40(56)24-9-13-28(42)14-10-24/h1-14,19-20,31-32H,15-18,21-22,41-42H2,(H,45,46)(H,47,48)(H,51,52)(H,53,54)/t31-,32-/m0/s1. The van der Waals surface area contributed by atoms with Gasteiger partial charge in [-0.15, -0.1) is 0 Å². The first-order valence-corrected chi connectivity index (χ1v) is 17.5. The van der Waals surface area contributed by atoms with Crippen LogP contribution in [0.4, 0.5) is 11.4 Å². The maximum absolute atomic E-state index is 13.7. The number of carbonyl (C=O) groups is 8. The predicted octanol–water partition coefficient (Wildman–Crippen LogP) is 2.75. The fourth-order valence-corrected chi connectivity index (χ4v) is 5.51.